The molecule has 6 heteroatoms. The molecule has 1 atom stereocenters. The van der Waals surface area contributed by atoms with Crippen molar-refractivity contribution in [2.75, 3.05) is 6.61 Å². The fourth-order valence-electron chi connectivity index (χ4n) is 1.48. The zero-order valence-electron chi connectivity index (χ0n) is 8.56. The van der Waals surface area contributed by atoms with E-state index in [-0.39, 0.29) is 29.4 Å². The maximum absolute atomic E-state index is 11.7. The van der Waals surface area contributed by atoms with Crippen LogP contribution >= 0.6 is 11.6 Å². The number of halogens is 1. The SMILES string of the molecule is O=C(N[C@@H](CO)C1CC1)c1cnc(Cl)cn1. The molecule has 1 aliphatic rings. The predicted molar refractivity (Wildman–Crippen MR) is 58.1 cm³/mol. The lowest BCUT2D eigenvalue weighted by molar-refractivity contribution is 0.0902. The average molecular weight is 242 g/mol. The maximum Gasteiger partial charge on any atom is 0.271 e. The molecule has 0 radical (unpaired) electrons. The number of hydrogen-bond donors (Lipinski definition) is 2. The molecule has 0 saturated heterocycles. The van der Waals surface area contributed by atoms with E-state index in [9.17, 15) is 4.79 Å². The third-order valence-corrected chi connectivity index (χ3v) is 2.75. The number of amides is 1. The van der Waals surface area contributed by atoms with E-state index in [2.05, 4.69) is 15.3 Å². The van der Waals surface area contributed by atoms with Crippen LogP contribution in [-0.2, 0) is 0 Å². The number of aliphatic hydroxyl groups excluding tert-OH is 1. The molecule has 0 unspecified atom stereocenters. The van der Waals surface area contributed by atoms with Crippen molar-refractivity contribution in [3.8, 4) is 0 Å². The molecule has 1 heterocycles. The van der Waals surface area contributed by atoms with Gasteiger partial charge in [-0.2, -0.15) is 0 Å². The molecule has 0 aromatic carbocycles. The second kappa shape index (κ2) is 4.76. The van der Waals surface area contributed by atoms with E-state index < -0.39 is 0 Å². The van der Waals surface area contributed by atoms with Crippen LogP contribution in [0, 0.1) is 5.92 Å². The topological polar surface area (TPSA) is 75.1 Å². The second-order valence-electron chi connectivity index (χ2n) is 3.82. The summed E-state index contributed by atoms with van der Waals surface area (Å²) in [6, 6.07) is -0.176. The van der Waals surface area contributed by atoms with Gasteiger partial charge in [-0.3, -0.25) is 4.79 Å². The Balaban J connectivity index is 1.98. The number of carbonyl (C=O) groups is 1. The highest BCUT2D eigenvalue weighted by molar-refractivity contribution is 6.29. The Morgan fingerprint density at radius 1 is 1.56 bits per heavy atom. The lowest BCUT2D eigenvalue weighted by atomic mass is 10.2. The van der Waals surface area contributed by atoms with E-state index in [0.29, 0.717) is 5.92 Å². The summed E-state index contributed by atoms with van der Waals surface area (Å²) in [5.41, 5.74) is 0.212. The minimum atomic E-state index is -0.324. The molecule has 5 nitrogen and oxygen atoms in total. The van der Waals surface area contributed by atoms with Gasteiger partial charge in [0.15, 0.2) is 0 Å². The number of aromatic nitrogens is 2. The molecule has 0 bridgehead atoms. The molecule has 0 spiro atoms. The van der Waals surface area contributed by atoms with Gasteiger partial charge < -0.3 is 10.4 Å². The van der Waals surface area contributed by atoms with Crippen molar-refractivity contribution in [2.45, 2.75) is 18.9 Å². The Morgan fingerprint density at radius 2 is 2.31 bits per heavy atom. The summed E-state index contributed by atoms with van der Waals surface area (Å²) in [5, 5.41) is 12.1. The highest BCUT2D eigenvalue weighted by atomic mass is 35.5. The fraction of sp³-hybridized carbons (Fsp3) is 0.500. The zero-order chi connectivity index (χ0) is 11.5. The van der Waals surface area contributed by atoms with Gasteiger partial charge in [0.05, 0.1) is 25.0 Å². The van der Waals surface area contributed by atoms with Crippen molar-refractivity contribution in [3.63, 3.8) is 0 Å². The first kappa shape index (κ1) is 11.3. The van der Waals surface area contributed by atoms with Crippen molar-refractivity contribution < 1.29 is 9.90 Å². The summed E-state index contributed by atoms with van der Waals surface area (Å²) in [5.74, 6) is 0.0735. The summed E-state index contributed by atoms with van der Waals surface area (Å²) >= 11 is 5.56. The van der Waals surface area contributed by atoms with Crippen molar-refractivity contribution in [1.82, 2.24) is 15.3 Å². The molecule has 86 valence electrons. The summed E-state index contributed by atoms with van der Waals surface area (Å²) < 4.78 is 0. The highest BCUT2D eigenvalue weighted by Crippen LogP contribution is 2.32. The Morgan fingerprint density at radius 3 is 2.81 bits per heavy atom. The molecule has 1 amide bonds. The molecule has 2 rings (SSSR count). The lowest BCUT2D eigenvalue weighted by Gasteiger charge is -2.14. The predicted octanol–water partition coefficient (Wildman–Crippen LogP) is 0.631. The fourth-order valence-corrected chi connectivity index (χ4v) is 1.58. The number of aliphatic hydroxyl groups is 1. The van der Waals surface area contributed by atoms with Crippen LogP contribution in [-0.4, -0.2) is 33.6 Å². The molecule has 1 saturated carbocycles. The van der Waals surface area contributed by atoms with Crippen LogP contribution < -0.4 is 5.32 Å². The highest BCUT2D eigenvalue weighted by Gasteiger charge is 2.32. The van der Waals surface area contributed by atoms with Crippen LogP contribution in [0.3, 0.4) is 0 Å². The summed E-state index contributed by atoms with van der Waals surface area (Å²) in [6.07, 6.45) is 4.75. The Hall–Kier alpha value is -1.20. The molecule has 1 aliphatic carbocycles. The zero-order valence-corrected chi connectivity index (χ0v) is 9.31. The number of nitrogens with one attached hydrogen (secondary N) is 1. The molecule has 1 aromatic heterocycles. The molecule has 2 N–H and O–H groups in total. The van der Waals surface area contributed by atoms with Crippen LogP contribution in [0.1, 0.15) is 23.3 Å². The molecular weight excluding hydrogens is 230 g/mol. The van der Waals surface area contributed by atoms with Crippen LogP contribution in [0.5, 0.6) is 0 Å². The van der Waals surface area contributed by atoms with E-state index >= 15 is 0 Å². The molecule has 0 aliphatic heterocycles. The molecular formula is C10H12ClN3O2. The minimum Gasteiger partial charge on any atom is -0.394 e. The van der Waals surface area contributed by atoms with Gasteiger partial charge in [0.25, 0.3) is 5.91 Å². The van der Waals surface area contributed by atoms with Gasteiger partial charge in [-0.15, -0.1) is 0 Å². The van der Waals surface area contributed by atoms with Crippen molar-refractivity contribution >= 4 is 17.5 Å². The number of nitrogens with zero attached hydrogens (tertiary/aromatic N) is 2. The average Bonchev–Trinajstić information content (AvgIpc) is 3.10. The van der Waals surface area contributed by atoms with Gasteiger partial charge in [-0.25, -0.2) is 9.97 Å². The van der Waals surface area contributed by atoms with Gasteiger partial charge in [0, 0.05) is 0 Å². The van der Waals surface area contributed by atoms with Gasteiger partial charge in [0.1, 0.15) is 10.8 Å². The van der Waals surface area contributed by atoms with Crippen LogP contribution in [0.25, 0.3) is 0 Å². The van der Waals surface area contributed by atoms with Gasteiger partial charge in [-0.05, 0) is 18.8 Å². The van der Waals surface area contributed by atoms with E-state index in [0.717, 1.165) is 12.8 Å². The lowest BCUT2D eigenvalue weighted by Crippen LogP contribution is -2.39. The Labute approximate surface area is 97.9 Å². The quantitative estimate of drug-likeness (QED) is 0.811. The van der Waals surface area contributed by atoms with E-state index in [4.69, 9.17) is 16.7 Å². The van der Waals surface area contributed by atoms with E-state index in [1.165, 1.54) is 12.4 Å². The Bertz CT molecular complexity index is 378. The summed E-state index contributed by atoms with van der Waals surface area (Å²) in [6.45, 7) is -0.0442. The minimum absolute atomic E-state index is 0.0442. The first-order valence-electron chi connectivity index (χ1n) is 5.10. The summed E-state index contributed by atoms with van der Waals surface area (Å²) in [7, 11) is 0. The van der Waals surface area contributed by atoms with Crippen molar-refractivity contribution in [1.29, 1.82) is 0 Å². The maximum atomic E-state index is 11.7. The molecule has 1 fully saturated rings. The van der Waals surface area contributed by atoms with Crippen LogP contribution in [0.4, 0.5) is 0 Å². The van der Waals surface area contributed by atoms with E-state index in [1.54, 1.807) is 0 Å². The molecule has 1 aromatic rings. The van der Waals surface area contributed by atoms with Gasteiger partial charge in [-0.1, -0.05) is 11.6 Å². The van der Waals surface area contributed by atoms with E-state index in [1.807, 2.05) is 0 Å². The number of rotatable bonds is 4. The normalized spacial score (nSPS) is 16.9. The second-order valence-corrected chi connectivity index (χ2v) is 4.21. The van der Waals surface area contributed by atoms with Gasteiger partial charge in [0.2, 0.25) is 0 Å². The Kier molecular flexibility index (Phi) is 3.36. The van der Waals surface area contributed by atoms with Crippen molar-refractivity contribution in [3.05, 3.63) is 23.2 Å². The largest absolute Gasteiger partial charge is 0.394 e. The third-order valence-electron chi connectivity index (χ3n) is 2.56. The first-order valence-corrected chi connectivity index (χ1v) is 5.48. The van der Waals surface area contributed by atoms with Crippen LogP contribution in [0.2, 0.25) is 5.15 Å². The summed E-state index contributed by atoms with van der Waals surface area (Å²) in [4.78, 5) is 19.3. The first-order chi connectivity index (χ1) is 7.70. The standard InChI is InChI=1S/C10H12ClN3O2/c11-9-4-12-7(3-13-9)10(16)14-8(5-15)6-1-2-6/h3-4,6,8,15H,1-2,5H2,(H,14,16)/t8-/m0/s1. The third kappa shape index (κ3) is 2.68. The smallest absolute Gasteiger partial charge is 0.271 e. The number of carbonyl (C=O) groups excluding carboxylic acids is 1. The molecule has 16 heavy (non-hydrogen) atoms. The van der Waals surface area contributed by atoms with Gasteiger partial charge >= 0.3 is 0 Å². The van der Waals surface area contributed by atoms with Crippen molar-refractivity contribution in [2.24, 2.45) is 5.92 Å². The van der Waals surface area contributed by atoms with Crippen LogP contribution in [0.15, 0.2) is 12.4 Å². The number of hydrogen-bond acceptors (Lipinski definition) is 4. The monoisotopic (exact) mass is 241 g/mol.